The molecule has 27 heavy (non-hydrogen) atoms. The lowest BCUT2D eigenvalue weighted by Crippen LogP contribution is -2.09. The number of halogens is 4. The summed E-state index contributed by atoms with van der Waals surface area (Å²) < 4.78 is 63.4. The number of rotatable bonds is 3. The van der Waals surface area contributed by atoms with Gasteiger partial charge in [-0.05, 0) is 42.8 Å². The molecular weight excluding hydrogens is 405 g/mol. The van der Waals surface area contributed by atoms with Crippen molar-refractivity contribution in [2.45, 2.75) is 18.1 Å². The van der Waals surface area contributed by atoms with Gasteiger partial charge >= 0.3 is 6.18 Å². The highest BCUT2D eigenvalue weighted by molar-refractivity contribution is 7.90. The second kappa shape index (κ2) is 6.61. The zero-order valence-electron chi connectivity index (χ0n) is 14.0. The number of sulfone groups is 1. The van der Waals surface area contributed by atoms with Crippen molar-refractivity contribution >= 4 is 21.4 Å². The van der Waals surface area contributed by atoms with E-state index >= 15 is 0 Å². The Kier molecular flexibility index (Phi) is 4.73. The van der Waals surface area contributed by atoms with Crippen LogP contribution < -0.4 is 0 Å². The number of aryl methyl sites for hydroxylation is 1. The Hall–Kier alpha value is -2.46. The van der Waals surface area contributed by atoms with Gasteiger partial charge in [0, 0.05) is 16.8 Å². The van der Waals surface area contributed by atoms with Crippen LogP contribution in [0.15, 0.2) is 41.6 Å². The molecule has 0 N–H and O–H groups in total. The smallest absolute Gasteiger partial charge is 0.242 e. The fraction of sp³-hybridized carbons (Fsp3) is 0.188. The summed E-state index contributed by atoms with van der Waals surface area (Å²) in [7, 11) is -3.54. The molecule has 0 aliphatic rings. The number of alkyl halides is 3. The SMILES string of the molecule is Cc1cc(-c2nc(C(F)(F)F)nn2-c2ccc(S(C)(=O)=O)nc2)ccc1Cl. The number of aromatic nitrogens is 4. The van der Waals surface area contributed by atoms with E-state index in [0.717, 1.165) is 17.1 Å². The molecule has 0 saturated carbocycles. The first-order valence-corrected chi connectivity index (χ1v) is 9.71. The van der Waals surface area contributed by atoms with Gasteiger partial charge in [0.25, 0.3) is 5.82 Å². The number of hydrogen-bond acceptors (Lipinski definition) is 5. The summed E-state index contributed by atoms with van der Waals surface area (Å²) in [6.07, 6.45) is -2.65. The zero-order valence-corrected chi connectivity index (χ0v) is 15.6. The minimum Gasteiger partial charge on any atom is -0.242 e. The molecule has 2 aromatic heterocycles. The molecule has 3 aromatic rings. The van der Waals surface area contributed by atoms with Gasteiger partial charge in [-0.1, -0.05) is 11.6 Å². The average Bonchev–Trinajstić information content (AvgIpc) is 3.02. The molecule has 6 nitrogen and oxygen atoms in total. The molecule has 0 spiro atoms. The molecular formula is C16H12ClF3N4O2S. The van der Waals surface area contributed by atoms with Crippen molar-refractivity contribution in [2.24, 2.45) is 0 Å². The van der Waals surface area contributed by atoms with E-state index in [1.807, 2.05) is 0 Å². The van der Waals surface area contributed by atoms with E-state index in [0.29, 0.717) is 16.1 Å². The number of nitrogens with zero attached hydrogens (tertiary/aromatic N) is 4. The number of benzene rings is 1. The molecule has 11 heteroatoms. The van der Waals surface area contributed by atoms with Crippen molar-refractivity contribution in [3.05, 3.63) is 52.9 Å². The Morgan fingerprint density at radius 3 is 2.37 bits per heavy atom. The Balaban J connectivity index is 2.19. The quantitative estimate of drug-likeness (QED) is 0.650. The predicted octanol–water partition coefficient (Wildman–Crippen LogP) is 3.71. The second-order valence-corrected chi connectivity index (χ2v) is 8.13. The van der Waals surface area contributed by atoms with Gasteiger partial charge in [0.2, 0.25) is 0 Å². The Bertz CT molecular complexity index is 1110. The Labute approximate surface area is 157 Å². The van der Waals surface area contributed by atoms with Gasteiger partial charge in [0.1, 0.15) is 0 Å². The molecule has 0 atom stereocenters. The third-order valence-electron chi connectivity index (χ3n) is 3.62. The lowest BCUT2D eigenvalue weighted by Gasteiger charge is -2.07. The van der Waals surface area contributed by atoms with Gasteiger partial charge in [0.15, 0.2) is 20.7 Å². The molecule has 2 heterocycles. The van der Waals surface area contributed by atoms with Gasteiger partial charge < -0.3 is 0 Å². The first-order valence-electron chi connectivity index (χ1n) is 7.44. The van der Waals surface area contributed by atoms with Crippen molar-refractivity contribution in [3.8, 4) is 17.1 Å². The fourth-order valence-electron chi connectivity index (χ4n) is 2.30. The maximum atomic E-state index is 13.1. The van der Waals surface area contributed by atoms with E-state index in [1.165, 1.54) is 18.2 Å². The largest absolute Gasteiger partial charge is 0.453 e. The summed E-state index contributed by atoms with van der Waals surface area (Å²) in [4.78, 5) is 7.39. The lowest BCUT2D eigenvalue weighted by atomic mass is 10.1. The highest BCUT2D eigenvalue weighted by Crippen LogP contribution is 2.31. The average molecular weight is 417 g/mol. The van der Waals surface area contributed by atoms with E-state index in [4.69, 9.17) is 11.6 Å². The highest BCUT2D eigenvalue weighted by atomic mass is 35.5. The highest BCUT2D eigenvalue weighted by Gasteiger charge is 2.37. The van der Waals surface area contributed by atoms with Crippen molar-refractivity contribution < 1.29 is 21.6 Å². The molecule has 0 fully saturated rings. The molecule has 0 unspecified atom stereocenters. The molecule has 1 aromatic carbocycles. The van der Waals surface area contributed by atoms with E-state index in [-0.39, 0.29) is 16.5 Å². The van der Waals surface area contributed by atoms with Crippen LogP contribution in [0.2, 0.25) is 5.02 Å². The number of hydrogen-bond donors (Lipinski definition) is 0. The Morgan fingerprint density at radius 2 is 1.85 bits per heavy atom. The van der Waals surface area contributed by atoms with E-state index in [2.05, 4.69) is 15.1 Å². The summed E-state index contributed by atoms with van der Waals surface area (Å²) in [5.74, 6) is -1.40. The van der Waals surface area contributed by atoms with Crippen LogP contribution in [-0.4, -0.2) is 34.4 Å². The topological polar surface area (TPSA) is 77.7 Å². The standard InChI is InChI=1S/C16H12ClF3N4O2S/c1-9-7-10(3-5-12(9)17)14-22-15(16(18,19)20)23-24(14)11-4-6-13(21-8-11)27(2,25)26/h3-8H,1-2H3. The van der Waals surface area contributed by atoms with Crippen molar-refractivity contribution in [2.75, 3.05) is 6.26 Å². The van der Waals surface area contributed by atoms with Crippen LogP contribution in [0, 0.1) is 6.92 Å². The first-order chi connectivity index (χ1) is 12.5. The molecule has 0 bridgehead atoms. The van der Waals surface area contributed by atoms with Gasteiger partial charge in [-0.2, -0.15) is 13.2 Å². The third kappa shape index (κ3) is 3.96. The summed E-state index contributed by atoms with van der Waals surface area (Å²) in [6.45, 7) is 1.71. The summed E-state index contributed by atoms with van der Waals surface area (Å²) in [5.41, 5.74) is 1.16. The monoisotopic (exact) mass is 416 g/mol. The molecule has 142 valence electrons. The van der Waals surface area contributed by atoms with E-state index in [1.54, 1.807) is 19.1 Å². The van der Waals surface area contributed by atoms with Crippen LogP contribution in [0.25, 0.3) is 17.1 Å². The van der Waals surface area contributed by atoms with Crippen molar-refractivity contribution in [1.29, 1.82) is 0 Å². The van der Waals surface area contributed by atoms with Crippen molar-refractivity contribution in [1.82, 2.24) is 19.7 Å². The fourth-order valence-corrected chi connectivity index (χ4v) is 2.98. The van der Waals surface area contributed by atoms with Gasteiger partial charge in [-0.15, -0.1) is 5.10 Å². The van der Waals surface area contributed by atoms with E-state index < -0.39 is 21.8 Å². The lowest BCUT2D eigenvalue weighted by molar-refractivity contribution is -0.144. The minimum absolute atomic E-state index is 0.0732. The summed E-state index contributed by atoms with van der Waals surface area (Å²) in [5, 5.41) is 3.79. The van der Waals surface area contributed by atoms with Crippen LogP contribution in [0.4, 0.5) is 13.2 Å². The molecule has 3 rings (SSSR count). The van der Waals surface area contributed by atoms with Crippen LogP contribution >= 0.6 is 11.6 Å². The maximum absolute atomic E-state index is 13.1. The van der Waals surface area contributed by atoms with Gasteiger partial charge in [0.05, 0.1) is 11.9 Å². The van der Waals surface area contributed by atoms with Crippen LogP contribution in [-0.2, 0) is 16.0 Å². The number of pyridine rings is 1. The minimum atomic E-state index is -4.75. The predicted molar refractivity (Wildman–Crippen MR) is 92.4 cm³/mol. The normalized spacial score (nSPS) is 12.4. The maximum Gasteiger partial charge on any atom is 0.453 e. The second-order valence-electron chi connectivity index (χ2n) is 5.76. The van der Waals surface area contributed by atoms with Gasteiger partial charge in [-0.3, -0.25) is 0 Å². The Morgan fingerprint density at radius 1 is 1.15 bits per heavy atom. The van der Waals surface area contributed by atoms with Crippen LogP contribution in [0.1, 0.15) is 11.4 Å². The molecule has 0 saturated heterocycles. The zero-order chi connectivity index (χ0) is 20.0. The van der Waals surface area contributed by atoms with Crippen LogP contribution in [0.3, 0.4) is 0 Å². The van der Waals surface area contributed by atoms with Crippen molar-refractivity contribution in [3.63, 3.8) is 0 Å². The molecule has 0 radical (unpaired) electrons. The molecule has 0 amide bonds. The first kappa shape index (κ1) is 19.3. The van der Waals surface area contributed by atoms with E-state index in [9.17, 15) is 21.6 Å². The molecule has 0 aliphatic carbocycles. The van der Waals surface area contributed by atoms with Crippen LogP contribution in [0.5, 0.6) is 0 Å². The molecule has 0 aliphatic heterocycles. The summed E-state index contributed by atoms with van der Waals surface area (Å²) in [6, 6.07) is 7.15. The van der Waals surface area contributed by atoms with Gasteiger partial charge in [-0.25, -0.2) is 23.1 Å². The third-order valence-corrected chi connectivity index (χ3v) is 5.05. The summed E-state index contributed by atoms with van der Waals surface area (Å²) >= 11 is 5.97.